The maximum atomic E-state index is 12.2. The lowest BCUT2D eigenvalue weighted by Crippen LogP contribution is -2.47. The number of amides is 1. The van der Waals surface area contributed by atoms with Crippen LogP contribution in [-0.4, -0.2) is 23.0 Å². The summed E-state index contributed by atoms with van der Waals surface area (Å²) in [6, 6.07) is 0.209. The zero-order valence-corrected chi connectivity index (χ0v) is 11.4. The highest BCUT2D eigenvalue weighted by atomic mass is 16.4. The lowest BCUT2D eigenvalue weighted by atomic mass is 9.79. The fourth-order valence-electron chi connectivity index (χ4n) is 3.56. The van der Waals surface area contributed by atoms with Crippen molar-refractivity contribution in [2.75, 3.05) is 0 Å². The molecule has 4 atom stereocenters. The summed E-state index contributed by atoms with van der Waals surface area (Å²) < 4.78 is 0. The van der Waals surface area contributed by atoms with Crippen molar-refractivity contribution in [3.63, 3.8) is 0 Å². The third-order valence-electron chi connectivity index (χ3n) is 4.44. The van der Waals surface area contributed by atoms with Crippen molar-refractivity contribution >= 4 is 11.9 Å². The summed E-state index contributed by atoms with van der Waals surface area (Å²) in [6.07, 6.45) is 4.70. The van der Waals surface area contributed by atoms with E-state index in [1.807, 2.05) is 0 Å². The Morgan fingerprint density at radius 3 is 2.28 bits per heavy atom. The van der Waals surface area contributed by atoms with Gasteiger partial charge in [0.2, 0.25) is 5.91 Å². The molecule has 0 aromatic heterocycles. The molecule has 0 heterocycles. The van der Waals surface area contributed by atoms with Crippen LogP contribution in [0.3, 0.4) is 0 Å². The molecule has 0 aliphatic heterocycles. The number of fused-ring (bicyclic) bond motifs is 2. The molecule has 4 unspecified atom stereocenters. The lowest BCUT2D eigenvalue weighted by molar-refractivity contribution is -0.151. The van der Waals surface area contributed by atoms with Gasteiger partial charge in [-0.15, -0.1) is 0 Å². The molecule has 4 heteroatoms. The maximum absolute atomic E-state index is 12.2. The van der Waals surface area contributed by atoms with Gasteiger partial charge in [-0.2, -0.15) is 0 Å². The molecule has 0 radical (unpaired) electrons. The van der Waals surface area contributed by atoms with Crippen molar-refractivity contribution in [2.24, 2.45) is 23.2 Å². The van der Waals surface area contributed by atoms with E-state index in [9.17, 15) is 14.7 Å². The molecule has 0 aromatic carbocycles. The fraction of sp³-hybridized carbons (Fsp3) is 0.857. The highest BCUT2D eigenvalue weighted by Gasteiger charge is 2.43. The molecule has 4 nitrogen and oxygen atoms in total. The first-order chi connectivity index (χ1) is 8.29. The first-order valence-electron chi connectivity index (χ1n) is 6.82. The van der Waals surface area contributed by atoms with Crippen LogP contribution in [0.2, 0.25) is 0 Å². The Morgan fingerprint density at radius 1 is 1.22 bits per heavy atom. The van der Waals surface area contributed by atoms with Crippen LogP contribution in [0.15, 0.2) is 0 Å². The van der Waals surface area contributed by atoms with Gasteiger partial charge in [0.1, 0.15) is 5.92 Å². The van der Waals surface area contributed by atoms with Crippen molar-refractivity contribution < 1.29 is 14.7 Å². The molecule has 0 aromatic rings. The van der Waals surface area contributed by atoms with Crippen LogP contribution in [0, 0.1) is 23.2 Å². The predicted octanol–water partition coefficient (Wildman–Crippen LogP) is 2.04. The average Bonchev–Trinajstić information content (AvgIpc) is 2.74. The first kappa shape index (κ1) is 13.4. The number of carboxylic acids is 1. The van der Waals surface area contributed by atoms with Crippen LogP contribution in [0.4, 0.5) is 0 Å². The molecule has 0 spiro atoms. The van der Waals surface area contributed by atoms with E-state index >= 15 is 0 Å². The lowest BCUT2D eigenvalue weighted by Gasteiger charge is -2.29. The first-order valence-corrected chi connectivity index (χ1v) is 6.82. The van der Waals surface area contributed by atoms with E-state index in [1.54, 1.807) is 20.8 Å². The van der Waals surface area contributed by atoms with Crippen molar-refractivity contribution in [2.45, 2.75) is 52.5 Å². The van der Waals surface area contributed by atoms with Crippen molar-refractivity contribution in [3.05, 3.63) is 0 Å². The normalized spacial score (nSPS) is 32.3. The fourth-order valence-corrected chi connectivity index (χ4v) is 3.56. The molecule has 2 aliphatic rings. The Balaban J connectivity index is 2.00. The number of hydrogen-bond donors (Lipinski definition) is 2. The Bertz CT molecular complexity index is 359. The van der Waals surface area contributed by atoms with Crippen molar-refractivity contribution in [1.82, 2.24) is 5.32 Å². The van der Waals surface area contributed by atoms with E-state index in [4.69, 9.17) is 0 Å². The minimum absolute atomic E-state index is 0.209. The minimum atomic E-state index is -1.02. The summed E-state index contributed by atoms with van der Waals surface area (Å²) in [5.41, 5.74) is -0.548. The Labute approximate surface area is 108 Å². The van der Waals surface area contributed by atoms with Gasteiger partial charge in [0, 0.05) is 6.04 Å². The number of rotatable bonds is 3. The van der Waals surface area contributed by atoms with E-state index in [0.29, 0.717) is 5.92 Å². The van der Waals surface area contributed by atoms with E-state index < -0.39 is 17.3 Å². The Kier molecular flexibility index (Phi) is 3.39. The highest BCUT2D eigenvalue weighted by molar-refractivity contribution is 5.97. The van der Waals surface area contributed by atoms with E-state index in [-0.39, 0.29) is 11.9 Å². The van der Waals surface area contributed by atoms with Gasteiger partial charge < -0.3 is 10.4 Å². The number of nitrogens with one attached hydrogen (secondary N) is 1. The molecule has 2 rings (SSSR count). The molecule has 2 fully saturated rings. The van der Waals surface area contributed by atoms with Gasteiger partial charge in [-0.3, -0.25) is 9.59 Å². The smallest absolute Gasteiger partial charge is 0.316 e. The van der Waals surface area contributed by atoms with Gasteiger partial charge in [-0.05, 0) is 36.5 Å². The monoisotopic (exact) mass is 253 g/mol. The summed E-state index contributed by atoms with van der Waals surface area (Å²) in [7, 11) is 0. The largest absolute Gasteiger partial charge is 0.481 e. The third-order valence-corrected chi connectivity index (χ3v) is 4.44. The standard InChI is InChI=1S/C14H23NO3/c1-14(2,3)11(13(17)18)12(16)15-10-7-8-4-5-9(10)6-8/h8-11H,4-7H2,1-3H3,(H,15,16)(H,17,18). The average molecular weight is 253 g/mol. The zero-order chi connectivity index (χ0) is 13.5. The molecular weight excluding hydrogens is 230 g/mol. The van der Waals surface area contributed by atoms with Gasteiger partial charge in [0.25, 0.3) is 0 Å². The van der Waals surface area contributed by atoms with Crippen molar-refractivity contribution in [3.8, 4) is 0 Å². The van der Waals surface area contributed by atoms with E-state index in [1.165, 1.54) is 19.3 Å². The third kappa shape index (κ3) is 2.52. The summed E-state index contributed by atoms with van der Waals surface area (Å²) in [6.45, 7) is 5.39. The van der Waals surface area contributed by atoms with Gasteiger partial charge in [0.05, 0.1) is 0 Å². The van der Waals surface area contributed by atoms with Crippen LogP contribution in [0.1, 0.15) is 46.5 Å². The molecule has 2 N–H and O–H groups in total. The number of carbonyl (C=O) groups is 2. The topological polar surface area (TPSA) is 66.4 Å². The second-order valence-corrected chi connectivity index (χ2v) is 6.93. The van der Waals surface area contributed by atoms with Gasteiger partial charge in [0.15, 0.2) is 0 Å². The Morgan fingerprint density at radius 2 is 1.89 bits per heavy atom. The quantitative estimate of drug-likeness (QED) is 0.756. The molecule has 2 aliphatic carbocycles. The van der Waals surface area contributed by atoms with Crippen LogP contribution in [-0.2, 0) is 9.59 Å². The molecule has 18 heavy (non-hydrogen) atoms. The maximum Gasteiger partial charge on any atom is 0.316 e. The molecular formula is C14H23NO3. The SMILES string of the molecule is CC(C)(C)C(C(=O)O)C(=O)NC1CC2CCC1C2. The van der Waals surface area contributed by atoms with Gasteiger partial charge in [-0.1, -0.05) is 27.2 Å². The number of carboxylic acid groups (broad SMARTS) is 1. The second-order valence-electron chi connectivity index (χ2n) is 6.93. The van der Waals surface area contributed by atoms with E-state index in [0.717, 1.165) is 12.3 Å². The summed E-state index contributed by atoms with van der Waals surface area (Å²) in [5.74, 6) is -0.973. The van der Waals surface area contributed by atoms with Crippen LogP contribution < -0.4 is 5.32 Å². The van der Waals surface area contributed by atoms with Crippen molar-refractivity contribution in [1.29, 1.82) is 0 Å². The summed E-state index contributed by atoms with van der Waals surface area (Å²) in [5, 5.41) is 12.2. The number of aliphatic carboxylic acids is 1. The highest BCUT2D eigenvalue weighted by Crippen LogP contribution is 2.44. The predicted molar refractivity (Wildman–Crippen MR) is 68.0 cm³/mol. The molecule has 2 saturated carbocycles. The molecule has 1 amide bonds. The van der Waals surface area contributed by atoms with Crippen LogP contribution in [0.25, 0.3) is 0 Å². The molecule has 102 valence electrons. The number of hydrogen-bond acceptors (Lipinski definition) is 2. The Hall–Kier alpha value is -1.06. The summed E-state index contributed by atoms with van der Waals surface area (Å²) >= 11 is 0. The number of carbonyl (C=O) groups excluding carboxylic acids is 1. The zero-order valence-electron chi connectivity index (χ0n) is 11.4. The van der Waals surface area contributed by atoms with Gasteiger partial charge >= 0.3 is 5.97 Å². The minimum Gasteiger partial charge on any atom is -0.481 e. The van der Waals surface area contributed by atoms with E-state index in [2.05, 4.69) is 5.32 Å². The van der Waals surface area contributed by atoms with Crippen LogP contribution in [0.5, 0.6) is 0 Å². The molecule has 2 bridgehead atoms. The summed E-state index contributed by atoms with van der Waals surface area (Å²) in [4.78, 5) is 23.4. The molecule has 0 saturated heterocycles. The second kappa shape index (κ2) is 4.56. The van der Waals surface area contributed by atoms with Gasteiger partial charge in [-0.25, -0.2) is 0 Å². The van der Waals surface area contributed by atoms with Crippen LogP contribution >= 0.6 is 0 Å².